The molecule has 2 aromatic heterocycles. The summed E-state index contributed by atoms with van der Waals surface area (Å²) in [5.74, 6) is 0.721. The van der Waals surface area contributed by atoms with Gasteiger partial charge in [-0.25, -0.2) is 0 Å². The van der Waals surface area contributed by atoms with Crippen molar-refractivity contribution in [2.24, 2.45) is 11.7 Å². The highest BCUT2D eigenvalue weighted by Gasteiger charge is 2.27. The third kappa shape index (κ3) is 4.19. The molecule has 0 unspecified atom stereocenters. The number of benzene rings is 1. The molecule has 29 heavy (non-hydrogen) atoms. The van der Waals surface area contributed by atoms with Crippen molar-refractivity contribution in [1.29, 1.82) is 0 Å². The summed E-state index contributed by atoms with van der Waals surface area (Å²) in [5, 5.41) is 9.15. The summed E-state index contributed by atoms with van der Waals surface area (Å²) in [6.07, 6.45) is 3.11. The lowest BCUT2D eigenvalue weighted by atomic mass is 9.97. The molecule has 2 amide bonds. The zero-order valence-corrected chi connectivity index (χ0v) is 16.5. The van der Waals surface area contributed by atoms with E-state index in [4.69, 9.17) is 10.2 Å². The van der Waals surface area contributed by atoms with Gasteiger partial charge in [0, 0.05) is 18.8 Å². The maximum Gasteiger partial charge on any atom is 0.233 e. The Morgan fingerprint density at radius 2 is 2.00 bits per heavy atom. The molecule has 0 radical (unpaired) electrons. The predicted molar refractivity (Wildman–Crippen MR) is 108 cm³/mol. The van der Waals surface area contributed by atoms with E-state index in [9.17, 15) is 9.59 Å². The van der Waals surface area contributed by atoms with Gasteiger partial charge < -0.3 is 15.1 Å². The van der Waals surface area contributed by atoms with Crippen molar-refractivity contribution in [1.82, 2.24) is 19.7 Å². The second-order valence-electron chi connectivity index (χ2n) is 6.82. The third-order valence-corrected chi connectivity index (χ3v) is 5.80. The molecular formula is C20H21N5O3S. The molecule has 0 bridgehead atoms. The first-order valence-electron chi connectivity index (χ1n) is 9.38. The van der Waals surface area contributed by atoms with E-state index in [0.717, 1.165) is 18.5 Å². The molecule has 1 aliphatic rings. The minimum absolute atomic E-state index is 0.0388. The van der Waals surface area contributed by atoms with Crippen molar-refractivity contribution in [3.8, 4) is 17.3 Å². The minimum atomic E-state index is -0.345. The Morgan fingerprint density at radius 3 is 2.72 bits per heavy atom. The Labute approximate surface area is 172 Å². The summed E-state index contributed by atoms with van der Waals surface area (Å²) in [6.45, 7) is 1.03. The van der Waals surface area contributed by atoms with Gasteiger partial charge in [0.2, 0.25) is 17.6 Å². The third-order valence-electron chi connectivity index (χ3n) is 4.89. The van der Waals surface area contributed by atoms with Gasteiger partial charge >= 0.3 is 0 Å². The van der Waals surface area contributed by atoms with E-state index in [2.05, 4.69) is 10.2 Å². The van der Waals surface area contributed by atoms with Gasteiger partial charge in [-0.1, -0.05) is 30.0 Å². The van der Waals surface area contributed by atoms with Gasteiger partial charge in [-0.05, 0) is 37.1 Å². The van der Waals surface area contributed by atoms with Crippen molar-refractivity contribution in [3.63, 3.8) is 0 Å². The lowest BCUT2D eigenvalue weighted by Gasteiger charge is -2.31. The number of para-hydroxylation sites is 1. The molecule has 0 saturated carbocycles. The fraction of sp³-hybridized carbons (Fsp3) is 0.300. The molecule has 0 spiro atoms. The van der Waals surface area contributed by atoms with Crippen molar-refractivity contribution in [2.45, 2.75) is 18.0 Å². The van der Waals surface area contributed by atoms with E-state index in [1.807, 2.05) is 41.0 Å². The summed E-state index contributed by atoms with van der Waals surface area (Å²) < 4.78 is 7.37. The Hall–Kier alpha value is -3.07. The topological polar surface area (TPSA) is 107 Å². The molecule has 150 valence electrons. The molecule has 2 N–H and O–H groups in total. The normalized spacial score (nSPS) is 16.7. The quantitative estimate of drug-likeness (QED) is 0.624. The lowest BCUT2D eigenvalue weighted by Crippen LogP contribution is -2.44. The van der Waals surface area contributed by atoms with Gasteiger partial charge in [0.05, 0.1) is 17.9 Å². The van der Waals surface area contributed by atoms with Crippen LogP contribution in [0.1, 0.15) is 12.8 Å². The van der Waals surface area contributed by atoms with Crippen LogP contribution < -0.4 is 5.73 Å². The largest absolute Gasteiger partial charge is 0.461 e. The highest BCUT2D eigenvalue weighted by atomic mass is 32.2. The van der Waals surface area contributed by atoms with Crippen LogP contribution in [0.2, 0.25) is 0 Å². The first-order chi connectivity index (χ1) is 14.1. The summed E-state index contributed by atoms with van der Waals surface area (Å²) in [5.41, 5.74) is 6.30. The summed E-state index contributed by atoms with van der Waals surface area (Å²) in [4.78, 5) is 25.9. The Morgan fingerprint density at radius 1 is 1.17 bits per heavy atom. The van der Waals surface area contributed by atoms with Gasteiger partial charge in [-0.2, -0.15) is 0 Å². The van der Waals surface area contributed by atoms with Crippen LogP contribution >= 0.6 is 11.8 Å². The van der Waals surface area contributed by atoms with Crippen LogP contribution in [-0.2, 0) is 9.59 Å². The monoisotopic (exact) mass is 411 g/mol. The van der Waals surface area contributed by atoms with Gasteiger partial charge in [-0.3, -0.25) is 14.2 Å². The number of nitrogens with zero attached hydrogens (tertiary/aromatic N) is 4. The average molecular weight is 411 g/mol. The molecule has 1 atom stereocenters. The van der Waals surface area contributed by atoms with Crippen LogP contribution in [0, 0.1) is 5.92 Å². The number of hydrogen-bond donors (Lipinski definition) is 1. The van der Waals surface area contributed by atoms with E-state index < -0.39 is 0 Å². The zero-order valence-electron chi connectivity index (χ0n) is 15.7. The van der Waals surface area contributed by atoms with Gasteiger partial charge in [0.1, 0.15) is 0 Å². The number of hydrogen-bond acceptors (Lipinski definition) is 6. The van der Waals surface area contributed by atoms with Crippen molar-refractivity contribution in [2.75, 3.05) is 18.8 Å². The fourth-order valence-corrected chi connectivity index (χ4v) is 4.25. The molecule has 4 rings (SSSR count). The number of carbonyl (C=O) groups is 2. The smallest absolute Gasteiger partial charge is 0.233 e. The highest BCUT2D eigenvalue weighted by molar-refractivity contribution is 7.99. The number of primary amides is 1. The first-order valence-corrected chi connectivity index (χ1v) is 10.4. The summed E-state index contributed by atoms with van der Waals surface area (Å²) in [6, 6.07) is 13.3. The molecule has 3 heterocycles. The predicted octanol–water partition coefficient (Wildman–Crippen LogP) is 2.34. The number of carbonyl (C=O) groups excluding carboxylic acids is 2. The maximum absolute atomic E-state index is 12.7. The summed E-state index contributed by atoms with van der Waals surface area (Å²) >= 11 is 1.31. The first kappa shape index (κ1) is 19.3. The maximum atomic E-state index is 12.7. The molecule has 9 heteroatoms. The van der Waals surface area contributed by atoms with E-state index >= 15 is 0 Å². The lowest BCUT2D eigenvalue weighted by molar-refractivity contribution is -0.132. The van der Waals surface area contributed by atoms with Crippen LogP contribution in [-0.4, -0.2) is 50.3 Å². The number of piperidine rings is 1. The molecule has 1 saturated heterocycles. The number of thioether (sulfide) groups is 1. The Kier molecular flexibility index (Phi) is 5.66. The fourth-order valence-electron chi connectivity index (χ4n) is 3.39. The number of rotatable bonds is 6. The minimum Gasteiger partial charge on any atom is -0.461 e. The number of furan rings is 1. The van der Waals surface area contributed by atoms with Crippen molar-refractivity contribution < 1.29 is 14.0 Å². The summed E-state index contributed by atoms with van der Waals surface area (Å²) in [7, 11) is 0. The highest BCUT2D eigenvalue weighted by Crippen LogP contribution is 2.28. The van der Waals surface area contributed by atoms with Crippen LogP contribution in [0.3, 0.4) is 0 Å². The molecule has 3 aromatic rings. The van der Waals surface area contributed by atoms with E-state index in [1.54, 1.807) is 17.2 Å². The Bertz CT molecular complexity index is 987. The van der Waals surface area contributed by atoms with Crippen LogP contribution in [0.4, 0.5) is 0 Å². The number of nitrogens with two attached hydrogens (primary N) is 1. The van der Waals surface area contributed by atoms with E-state index in [1.165, 1.54) is 11.8 Å². The van der Waals surface area contributed by atoms with Crippen molar-refractivity contribution >= 4 is 23.6 Å². The molecule has 1 fully saturated rings. The Balaban J connectivity index is 1.53. The average Bonchev–Trinajstić information content (AvgIpc) is 3.42. The van der Waals surface area contributed by atoms with Crippen LogP contribution in [0.15, 0.2) is 58.3 Å². The van der Waals surface area contributed by atoms with E-state index in [-0.39, 0.29) is 23.5 Å². The zero-order chi connectivity index (χ0) is 20.2. The molecule has 8 nitrogen and oxygen atoms in total. The number of likely N-dealkylation sites (tertiary alicyclic amines) is 1. The second-order valence-corrected chi connectivity index (χ2v) is 7.77. The van der Waals surface area contributed by atoms with Gasteiger partial charge in [0.25, 0.3) is 0 Å². The molecule has 0 aliphatic carbocycles. The van der Waals surface area contributed by atoms with Gasteiger partial charge in [-0.15, -0.1) is 10.2 Å². The standard InChI is InChI=1S/C20H21N5O3S/c21-18(27)14-6-4-10-24(12-14)17(26)13-29-20-23-22-19(16-9-5-11-28-16)25(20)15-7-2-1-3-8-15/h1-3,5,7-9,11,14H,4,6,10,12-13H2,(H2,21,27)/t14-/m0/s1. The van der Waals surface area contributed by atoms with Crippen molar-refractivity contribution in [3.05, 3.63) is 48.7 Å². The molecule has 1 aliphatic heterocycles. The van der Waals surface area contributed by atoms with Crippen LogP contribution in [0.25, 0.3) is 17.3 Å². The van der Waals surface area contributed by atoms with Crippen LogP contribution in [0.5, 0.6) is 0 Å². The molecular weight excluding hydrogens is 390 g/mol. The van der Waals surface area contributed by atoms with E-state index in [0.29, 0.717) is 29.8 Å². The SMILES string of the molecule is NC(=O)[C@H]1CCCN(C(=O)CSc2nnc(-c3ccco3)n2-c2ccccc2)C1. The van der Waals surface area contributed by atoms with Gasteiger partial charge in [0.15, 0.2) is 10.9 Å². The number of amides is 2. The molecule has 1 aromatic carbocycles. The second kappa shape index (κ2) is 8.52. The number of aromatic nitrogens is 3.